The molecule has 2 atom stereocenters. The lowest BCUT2D eigenvalue weighted by Gasteiger charge is -2.24. The Kier molecular flexibility index (Phi) is 2.77. The van der Waals surface area contributed by atoms with Crippen molar-refractivity contribution in [3.63, 3.8) is 0 Å². The molecule has 0 aliphatic carbocycles. The summed E-state index contributed by atoms with van der Waals surface area (Å²) >= 11 is 0. The highest BCUT2D eigenvalue weighted by Crippen LogP contribution is 2.28. The number of nitrogens with zero attached hydrogens (tertiary/aromatic N) is 1. The zero-order valence-electron chi connectivity index (χ0n) is 11.4. The normalized spacial score (nSPS) is 25.9. The van der Waals surface area contributed by atoms with E-state index in [1.54, 1.807) is 0 Å². The number of aromatic amines is 1. The quantitative estimate of drug-likeness (QED) is 0.828. The van der Waals surface area contributed by atoms with Crippen LogP contribution in [-0.4, -0.2) is 30.7 Å². The minimum Gasteiger partial charge on any atom is -0.356 e. The maximum atomic E-state index is 12.2. The Hall–Kier alpha value is -1.81. The summed E-state index contributed by atoms with van der Waals surface area (Å²) in [5, 5.41) is 5.39. The van der Waals surface area contributed by atoms with Crippen molar-refractivity contribution in [2.45, 2.75) is 18.9 Å². The molecule has 2 N–H and O–H groups in total. The first-order valence-electron chi connectivity index (χ1n) is 7.42. The van der Waals surface area contributed by atoms with Crippen molar-refractivity contribution in [1.29, 1.82) is 0 Å². The van der Waals surface area contributed by atoms with Gasteiger partial charge in [0.15, 0.2) is 0 Å². The molecule has 0 spiro atoms. The summed E-state index contributed by atoms with van der Waals surface area (Å²) in [6, 6.07) is 10.5. The average molecular weight is 269 g/mol. The molecule has 2 fully saturated rings. The van der Waals surface area contributed by atoms with Crippen LogP contribution in [-0.2, 0) is 0 Å². The molecule has 2 unspecified atom stereocenters. The summed E-state index contributed by atoms with van der Waals surface area (Å²) in [5.74, 6) is 1.68. The van der Waals surface area contributed by atoms with Crippen LogP contribution in [0, 0.1) is 5.92 Å². The van der Waals surface area contributed by atoms with E-state index in [2.05, 4.69) is 21.3 Å². The van der Waals surface area contributed by atoms with Gasteiger partial charge in [-0.1, -0.05) is 18.2 Å². The van der Waals surface area contributed by atoms with Crippen LogP contribution in [0.4, 0.5) is 5.82 Å². The van der Waals surface area contributed by atoms with Crippen molar-refractivity contribution in [2.24, 2.45) is 5.92 Å². The number of hydrogen-bond donors (Lipinski definition) is 2. The van der Waals surface area contributed by atoms with E-state index in [-0.39, 0.29) is 5.56 Å². The van der Waals surface area contributed by atoms with Crippen LogP contribution in [0.15, 0.2) is 35.1 Å². The largest absolute Gasteiger partial charge is 0.356 e. The molecule has 1 aromatic carbocycles. The second-order valence-corrected chi connectivity index (χ2v) is 5.94. The van der Waals surface area contributed by atoms with Gasteiger partial charge in [0.05, 0.1) is 0 Å². The summed E-state index contributed by atoms with van der Waals surface area (Å²) in [6.07, 6.45) is 2.56. The van der Waals surface area contributed by atoms with Gasteiger partial charge in [-0.25, -0.2) is 0 Å². The number of pyridine rings is 1. The molecule has 20 heavy (non-hydrogen) atoms. The summed E-state index contributed by atoms with van der Waals surface area (Å²) < 4.78 is 0. The molecule has 1 aromatic heterocycles. The molecule has 0 amide bonds. The third kappa shape index (κ3) is 1.91. The number of H-pyrrole nitrogens is 1. The van der Waals surface area contributed by atoms with Crippen molar-refractivity contribution in [1.82, 2.24) is 10.3 Å². The number of piperidine rings is 1. The number of fused-ring (bicyclic) bond motifs is 2. The molecule has 2 aliphatic rings. The highest BCUT2D eigenvalue weighted by molar-refractivity contribution is 5.83. The molecule has 0 saturated carbocycles. The number of rotatable bonds is 1. The number of aromatic nitrogens is 1. The predicted octanol–water partition coefficient (Wildman–Crippen LogP) is 1.72. The van der Waals surface area contributed by atoms with Crippen molar-refractivity contribution in [2.75, 3.05) is 24.5 Å². The van der Waals surface area contributed by atoms with Crippen LogP contribution < -0.4 is 15.8 Å². The minimum absolute atomic E-state index is 0.0148. The highest BCUT2D eigenvalue weighted by atomic mass is 16.1. The SMILES string of the molecule is O=c1[nH]c(N2CC3CCCNC3C2)cc2ccccc12. The van der Waals surface area contributed by atoms with E-state index < -0.39 is 0 Å². The summed E-state index contributed by atoms with van der Waals surface area (Å²) in [5.41, 5.74) is 0.0148. The highest BCUT2D eigenvalue weighted by Gasteiger charge is 2.34. The molecule has 0 bridgehead atoms. The Morgan fingerprint density at radius 2 is 2.10 bits per heavy atom. The van der Waals surface area contributed by atoms with Crippen LogP contribution in [0.2, 0.25) is 0 Å². The molecule has 0 radical (unpaired) electrons. The third-order valence-electron chi connectivity index (χ3n) is 4.68. The topological polar surface area (TPSA) is 48.1 Å². The Labute approximate surface area is 117 Å². The zero-order valence-corrected chi connectivity index (χ0v) is 11.4. The fraction of sp³-hybridized carbons (Fsp3) is 0.438. The Balaban J connectivity index is 1.70. The first-order valence-corrected chi connectivity index (χ1v) is 7.42. The molecule has 4 rings (SSSR count). The van der Waals surface area contributed by atoms with Gasteiger partial charge in [-0.2, -0.15) is 0 Å². The van der Waals surface area contributed by atoms with Crippen molar-refractivity contribution >= 4 is 16.6 Å². The van der Waals surface area contributed by atoms with E-state index in [0.717, 1.165) is 42.1 Å². The van der Waals surface area contributed by atoms with E-state index >= 15 is 0 Å². The lowest BCUT2D eigenvalue weighted by molar-refractivity contribution is 0.340. The lowest BCUT2D eigenvalue weighted by Crippen LogP contribution is -2.40. The van der Waals surface area contributed by atoms with Gasteiger partial charge in [-0.05, 0) is 42.8 Å². The van der Waals surface area contributed by atoms with Gasteiger partial charge in [-0.15, -0.1) is 0 Å². The van der Waals surface area contributed by atoms with Gasteiger partial charge < -0.3 is 15.2 Å². The van der Waals surface area contributed by atoms with E-state index in [9.17, 15) is 4.79 Å². The molecule has 4 heteroatoms. The monoisotopic (exact) mass is 269 g/mol. The lowest BCUT2D eigenvalue weighted by atomic mass is 9.94. The predicted molar refractivity (Wildman–Crippen MR) is 81.3 cm³/mol. The van der Waals surface area contributed by atoms with Gasteiger partial charge in [-0.3, -0.25) is 4.79 Å². The zero-order chi connectivity index (χ0) is 13.5. The number of nitrogens with one attached hydrogen (secondary N) is 2. The van der Waals surface area contributed by atoms with Crippen LogP contribution in [0.25, 0.3) is 10.8 Å². The third-order valence-corrected chi connectivity index (χ3v) is 4.68. The molecular formula is C16H19N3O. The van der Waals surface area contributed by atoms with Crippen LogP contribution in [0.3, 0.4) is 0 Å². The summed E-state index contributed by atoms with van der Waals surface area (Å²) in [4.78, 5) is 17.5. The van der Waals surface area contributed by atoms with E-state index in [1.165, 1.54) is 12.8 Å². The van der Waals surface area contributed by atoms with Gasteiger partial charge in [0.1, 0.15) is 5.82 Å². The fourth-order valence-electron chi connectivity index (χ4n) is 3.61. The summed E-state index contributed by atoms with van der Waals surface area (Å²) in [6.45, 7) is 3.17. The molecule has 4 nitrogen and oxygen atoms in total. The molecule has 2 aliphatic heterocycles. The van der Waals surface area contributed by atoms with Gasteiger partial charge in [0, 0.05) is 24.5 Å². The Morgan fingerprint density at radius 1 is 1.20 bits per heavy atom. The number of benzene rings is 1. The van der Waals surface area contributed by atoms with Gasteiger partial charge in [0.2, 0.25) is 0 Å². The smallest absolute Gasteiger partial charge is 0.257 e. The van der Waals surface area contributed by atoms with E-state index in [4.69, 9.17) is 0 Å². The molecule has 104 valence electrons. The van der Waals surface area contributed by atoms with E-state index in [0.29, 0.717) is 6.04 Å². The minimum atomic E-state index is 0.0148. The molecule has 2 aromatic rings. The fourth-order valence-corrected chi connectivity index (χ4v) is 3.61. The van der Waals surface area contributed by atoms with Crippen molar-refractivity contribution in [3.05, 3.63) is 40.7 Å². The second kappa shape index (κ2) is 4.63. The maximum Gasteiger partial charge on any atom is 0.257 e. The first kappa shape index (κ1) is 12.0. The molecule has 2 saturated heterocycles. The standard InChI is InChI=1S/C16H19N3O/c20-16-13-6-2-1-4-11(13)8-15(18-16)19-9-12-5-3-7-17-14(12)10-19/h1-2,4,6,8,12,14,17H,3,5,7,9-10H2,(H,18,20). The van der Waals surface area contributed by atoms with Gasteiger partial charge >= 0.3 is 0 Å². The second-order valence-electron chi connectivity index (χ2n) is 5.94. The van der Waals surface area contributed by atoms with E-state index in [1.807, 2.05) is 24.3 Å². The van der Waals surface area contributed by atoms with Crippen LogP contribution in [0.1, 0.15) is 12.8 Å². The molecular weight excluding hydrogens is 250 g/mol. The van der Waals surface area contributed by atoms with Gasteiger partial charge in [0.25, 0.3) is 5.56 Å². The average Bonchev–Trinajstić information content (AvgIpc) is 2.91. The Bertz CT molecular complexity index is 679. The van der Waals surface area contributed by atoms with Crippen LogP contribution >= 0.6 is 0 Å². The maximum absolute atomic E-state index is 12.2. The first-order chi connectivity index (χ1) is 9.81. The Morgan fingerprint density at radius 3 is 3.00 bits per heavy atom. The molecule has 3 heterocycles. The summed E-state index contributed by atoms with van der Waals surface area (Å²) in [7, 11) is 0. The van der Waals surface area contributed by atoms with Crippen molar-refractivity contribution in [3.8, 4) is 0 Å². The number of hydrogen-bond acceptors (Lipinski definition) is 3. The number of anilines is 1. The van der Waals surface area contributed by atoms with Crippen molar-refractivity contribution < 1.29 is 0 Å². The van der Waals surface area contributed by atoms with Crippen LogP contribution in [0.5, 0.6) is 0 Å².